The van der Waals surface area contributed by atoms with Crippen LogP contribution in [0.2, 0.25) is 0 Å². The standard InChI is InChI=1S/C19H21N5OS/c1-19(8-10-26-18(20)23-19)13-5-4-6-14(11-13)22-17(25)15-12-21-24-9-3-2-7-16(15)24/h2-4,6-7,9,11-13H,5,8,10H2,1H3,(H2,20,23)(H,22,25)/t13?,19-/m0/s1. The number of rotatable bonds is 3. The molecule has 2 atom stereocenters. The van der Waals surface area contributed by atoms with Crippen LogP contribution in [-0.4, -0.2) is 32.0 Å². The van der Waals surface area contributed by atoms with Crippen molar-refractivity contribution in [1.82, 2.24) is 14.9 Å². The Bertz CT molecular complexity index is 944. The van der Waals surface area contributed by atoms with Gasteiger partial charge < -0.3 is 11.1 Å². The smallest absolute Gasteiger partial charge is 0.259 e. The van der Waals surface area contributed by atoms with Gasteiger partial charge in [-0.3, -0.25) is 9.79 Å². The Morgan fingerprint density at radius 3 is 3.19 bits per heavy atom. The number of hydrogen-bond acceptors (Lipinski definition) is 5. The number of nitrogens with one attached hydrogen (secondary N) is 1. The molecule has 26 heavy (non-hydrogen) atoms. The van der Waals surface area contributed by atoms with E-state index in [-0.39, 0.29) is 17.4 Å². The summed E-state index contributed by atoms with van der Waals surface area (Å²) >= 11 is 1.61. The van der Waals surface area contributed by atoms with Crippen LogP contribution >= 0.6 is 11.8 Å². The highest BCUT2D eigenvalue weighted by atomic mass is 32.2. The van der Waals surface area contributed by atoms with E-state index < -0.39 is 0 Å². The molecule has 134 valence electrons. The van der Waals surface area contributed by atoms with Crippen molar-refractivity contribution in [3.05, 3.63) is 60.1 Å². The molecule has 2 aliphatic rings. The van der Waals surface area contributed by atoms with Gasteiger partial charge in [0.15, 0.2) is 5.17 Å². The third-order valence-corrected chi connectivity index (χ3v) is 5.82. The van der Waals surface area contributed by atoms with E-state index in [9.17, 15) is 4.79 Å². The van der Waals surface area contributed by atoms with Gasteiger partial charge in [-0.05, 0) is 38.0 Å². The lowest BCUT2D eigenvalue weighted by molar-refractivity contribution is 0.0968. The largest absolute Gasteiger partial charge is 0.379 e. The van der Waals surface area contributed by atoms with Gasteiger partial charge in [0.25, 0.3) is 5.91 Å². The molecule has 7 heteroatoms. The summed E-state index contributed by atoms with van der Waals surface area (Å²) in [6.45, 7) is 2.14. The van der Waals surface area contributed by atoms with Crippen molar-refractivity contribution in [3.8, 4) is 0 Å². The van der Waals surface area contributed by atoms with E-state index in [1.54, 1.807) is 22.5 Å². The number of thioether (sulfide) groups is 1. The average molecular weight is 367 g/mol. The third kappa shape index (κ3) is 3.14. The molecule has 6 nitrogen and oxygen atoms in total. The molecule has 0 saturated heterocycles. The minimum absolute atomic E-state index is 0.157. The van der Waals surface area contributed by atoms with Crippen LogP contribution in [0.15, 0.2) is 59.5 Å². The summed E-state index contributed by atoms with van der Waals surface area (Å²) in [6, 6.07) is 5.66. The second kappa shape index (κ2) is 6.64. The fraction of sp³-hybridized carbons (Fsp3) is 0.316. The predicted octanol–water partition coefficient (Wildman–Crippen LogP) is 2.73. The maximum Gasteiger partial charge on any atom is 0.259 e. The van der Waals surface area contributed by atoms with Crippen LogP contribution in [0.25, 0.3) is 5.52 Å². The van der Waals surface area contributed by atoms with E-state index in [4.69, 9.17) is 10.7 Å². The quantitative estimate of drug-likeness (QED) is 0.873. The average Bonchev–Trinajstić information content (AvgIpc) is 3.06. The summed E-state index contributed by atoms with van der Waals surface area (Å²) < 4.78 is 1.70. The Hall–Kier alpha value is -2.54. The van der Waals surface area contributed by atoms with E-state index in [2.05, 4.69) is 29.5 Å². The van der Waals surface area contributed by atoms with Gasteiger partial charge in [0, 0.05) is 23.6 Å². The molecule has 2 aromatic rings. The van der Waals surface area contributed by atoms with Crippen LogP contribution in [0.4, 0.5) is 0 Å². The van der Waals surface area contributed by atoms with Crippen LogP contribution in [-0.2, 0) is 0 Å². The number of fused-ring (bicyclic) bond motifs is 1. The maximum absolute atomic E-state index is 12.7. The first-order valence-electron chi connectivity index (χ1n) is 8.65. The fourth-order valence-corrected chi connectivity index (χ4v) is 4.47. The number of amidine groups is 1. The van der Waals surface area contributed by atoms with Crippen LogP contribution in [0.1, 0.15) is 30.1 Å². The van der Waals surface area contributed by atoms with Gasteiger partial charge in [-0.15, -0.1) is 0 Å². The predicted molar refractivity (Wildman–Crippen MR) is 105 cm³/mol. The molecular formula is C19H21N5OS. The van der Waals surface area contributed by atoms with Crippen molar-refractivity contribution in [2.75, 3.05) is 5.75 Å². The van der Waals surface area contributed by atoms with Crippen LogP contribution < -0.4 is 11.1 Å². The van der Waals surface area contributed by atoms with E-state index in [0.29, 0.717) is 10.7 Å². The van der Waals surface area contributed by atoms with Gasteiger partial charge in [0.1, 0.15) is 0 Å². The molecule has 3 N–H and O–H groups in total. The van der Waals surface area contributed by atoms with E-state index >= 15 is 0 Å². The van der Waals surface area contributed by atoms with Crippen LogP contribution in [0.5, 0.6) is 0 Å². The number of allylic oxidation sites excluding steroid dienone is 2. The summed E-state index contributed by atoms with van der Waals surface area (Å²) in [5.74, 6) is 1.03. The van der Waals surface area contributed by atoms with E-state index in [1.165, 1.54) is 0 Å². The topological polar surface area (TPSA) is 84.8 Å². The summed E-state index contributed by atoms with van der Waals surface area (Å²) in [7, 11) is 0. The Labute approximate surface area is 156 Å². The lowest BCUT2D eigenvalue weighted by Gasteiger charge is -2.36. The number of nitrogens with zero attached hydrogens (tertiary/aromatic N) is 3. The van der Waals surface area contributed by atoms with E-state index in [0.717, 1.165) is 29.8 Å². The Kier molecular flexibility index (Phi) is 4.32. The summed E-state index contributed by atoms with van der Waals surface area (Å²) in [6.07, 6.45) is 11.4. The molecule has 1 unspecified atom stereocenters. The van der Waals surface area contributed by atoms with Crippen molar-refractivity contribution in [3.63, 3.8) is 0 Å². The second-order valence-corrected chi connectivity index (χ2v) is 7.93. The zero-order chi connectivity index (χ0) is 18.1. The van der Waals surface area contributed by atoms with Crippen molar-refractivity contribution < 1.29 is 4.79 Å². The Morgan fingerprint density at radius 2 is 2.35 bits per heavy atom. The van der Waals surface area contributed by atoms with Crippen molar-refractivity contribution in [2.24, 2.45) is 16.6 Å². The number of pyridine rings is 1. The summed E-state index contributed by atoms with van der Waals surface area (Å²) in [5.41, 5.74) is 7.87. The molecule has 2 aromatic heterocycles. The highest BCUT2D eigenvalue weighted by Crippen LogP contribution is 2.37. The molecule has 4 rings (SSSR count). The Balaban J connectivity index is 1.56. The van der Waals surface area contributed by atoms with Crippen molar-refractivity contribution in [2.45, 2.75) is 25.3 Å². The van der Waals surface area contributed by atoms with Crippen molar-refractivity contribution in [1.29, 1.82) is 0 Å². The van der Waals surface area contributed by atoms with Crippen LogP contribution in [0.3, 0.4) is 0 Å². The van der Waals surface area contributed by atoms with Crippen molar-refractivity contribution >= 4 is 28.4 Å². The number of aromatic nitrogens is 2. The van der Waals surface area contributed by atoms with Crippen LogP contribution in [0, 0.1) is 5.92 Å². The lowest BCUT2D eigenvalue weighted by Crippen LogP contribution is -2.38. The van der Waals surface area contributed by atoms with Gasteiger partial charge in [0.05, 0.1) is 22.8 Å². The van der Waals surface area contributed by atoms with Gasteiger partial charge in [0.2, 0.25) is 0 Å². The maximum atomic E-state index is 12.7. The third-order valence-electron chi connectivity index (χ3n) is 5.02. The zero-order valence-corrected chi connectivity index (χ0v) is 15.4. The fourth-order valence-electron chi connectivity index (χ4n) is 3.48. The molecule has 0 radical (unpaired) electrons. The molecule has 1 aliphatic heterocycles. The number of aliphatic imine (C=N–C) groups is 1. The minimum atomic E-state index is -0.222. The summed E-state index contributed by atoms with van der Waals surface area (Å²) in [5, 5.41) is 7.88. The number of nitrogens with two attached hydrogens (primary N) is 1. The molecule has 0 bridgehead atoms. The number of amides is 1. The molecule has 0 spiro atoms. The summed E-state index contributed by atoms with van der Waals surface area (Å²) in [4.78, 5) is 17.4. The SMILES string of the molecule is C[C@@]1(C2C=C(NC(=O)c3cnn4ccccc34)C=CC2)CCSC(N)=N1. The molecule has 0 saturated carbocycles. The van der Waals surface area contributed by atoms with Gasteiger partial charge in [-0.25, -0.2) is 4.52 Å². The highest BCUT2D eigenvalue weighted by molar-refractivity contribution is 8.13. The zero-order valence-electron chi connectivity index (χ0n) is 14.6. The molecular weight excluding hydrogens is 346 g/mol. The number of hydrogen-bond donors (Lipinski definition) is 2. The second-order valence-electron chi connectivity index (χ2n) is 6.82. The van der Waals surface area contributed by atoms with Gasteiger partial charge >= 0.3 is 0 Å². The van der Waals surface area contributed by atoms with Gasteiger partial charge in [-0.2, -0.15) is 5.10 Å². The number of carbonyl (C=O) groups is 1. The first kappa shape index (κ1) is 16.9. The molecule has 1 amide bonds. The first-order valence-corrected chi connectivity index (χ1v) is 9.64. The molecule has 1 aliphatic carbocycles. The van der Waals surface area contributed by atoms with Gasteiger partial charge in [-0.1, -0.05) is 30.0 Å². The minimum Gasteiger partial charge on any atom is -0.379 e. The Morgan fingerprint density at radius 1 is 1.46 bits per heavy atom. The normalized spacial score (nSPS) is 25.7. The first-order chi connectivity index (χ1) is 12.5. The lowest BCUT2D eigenvalue weighted by atomic mass is 9.79. The number of carbonyl (C=O) groups excluding carboxylic acids is 1. The molecule has 0 aromatic carbocycles. The molecule has 0 fully saturated rings. The highest BCUT2D eigenvalue weighted by Gasteiger charge is 2.35. The van der Waals surface area contributed by atoms with E-state index in [1.807, 2.05) is 30.5 Å². The monoisotopic (exact) mass is 367 g/mol. The molecule has 3 heterocycles.